The van der Waals surface area contributed by atoms with Gasteiger partial charge in [-0.15, -0.1) is 0 Å². The van der Waals surface area contributed by atoms with Crippen molar-refractivity contribution in [1.82, 2.24) is 9.88 Å². The Bertz CT molecular complexity index is 414. The van der Waals surface area contributed by atoms with Crippen LogP contribution in [0, 0.1) is 6.92 Å². The number of rotatable bonds is 1. The summed E-state index contributed by atoms with van der Waals surface area (Å²) >= 11 is 0. The maximum absolute atomic E-state index is 5.95. The summed E-state index contributed by atoms with van der Waals surface area (Å²) in [4.78, 5) is 9.31. The van der Waals surface area contributed by atoms with E-state index < -0.39 is 0 Å². The molecule has 4 heteroatoms. The van der Waals surface area contributed by atoms with E-state index >= 15 is 0 Å². The van der Waals surface area contributed by atoms with Crippen LogP contribution in [0.1, 0.15) is 26.3 Å². The Labute approximate surface area is 110 Å². The molecule has 0 saturated carbocycles. The number of aromatic nitrogens is 1. The minimum Gasteiger partial charge on any atom is -0.398 e. The number of nitrogens with zero attached hydrogens (tertiary/aromatic N) is 3. The third kappa shape index (κ3) is 2.75. The number of hydrogen-bond acceptors (Lipinski definition) is 4. The minimum absolute atomic E-state index is 0.256. The molecule has 4 nitrogen and oxygen atoms in total. The van der Waals surface area contributed by atoms with E-state index in [0.717, 1.165) is 43.2 Å². The molecule has 100 valence electrons. The third-order valence-corrected chi connectivity index (χ3v) is 3.68. The first-order valence-corrected chi connectivity index (χ1v) is 6.60. The summed E-state index contributed by atoms with van der Waals surface area (Å²) in [6.07, 6.45) is 1.86. The molecule has 0 aliphatic carbocycles. The van der Waals surface area contributed by atoms with E-state index in [0.29, 0.717) is 0 Å². The van der Waals surface area contributed by atoms with Gasteiger partial charge in [-0.25, -0.2) is 4.98 Å². The summed E-state index contributed by atoms with van der Waals surface area (Å²) in [6, 6.07) is 1.99. The van der Waals surface area contributed by atoms with E-state index in [1.54, 1.807) is 0 Å². The second kappa shape index (κ2) is 4.76. The van der Waals surface area contributed by atoms with E-state index in [2.05, 4.69) is 35.6 Å². The second-order valence-electron chi connectivity index (χ2n) is 6.04. The maximum Gasteiger partial charge on any atom is 0.130 e. The standard InChI is InChI=1S/C14H24N4/c1-11-10-16-13(9-12(11)15)17-5-7-18(8-6-17)14(2,3)4/h9-10H,5-8H2,1-4H3,(H2,15,16). The number of piperazine rings is 1. The lowest BCUT2D eigenvalue weighted by atomic mass is 10.0. The fraction of sp³-hybridized carbons (Fsp3) is 0.643. The van der Waals surface area contributed by atoms with Crippen LogP contribution >= 0.6 is 0 Å². The highest BCUT2D eigenvalue weighted by atomic mass is 15.3. The fourth-order valence-corrected chi connectivity index (χ4v) is 2.31. The summed E-state index contributed by atoms with van der Waals surface area (Å²) < 4.78 is 0. The monoisotopic (exact) mass is 248 g/mol. The van der Waals surface area contributed by atoms with Crippen molar-refractivity contribution >= 4 is 11.5 Å². The molecular formula is C14H24N4. The number of hydrogen-bond donors (Lipinski definition) is 1. The molecule has 0 radical (unpaired) electrons. The zero-order chi connectivity index (χ0) is 13.3. The molecule has 0 atom stereocenters. The first-order chi connectivity index (χ1) is 8.38. The molecule has 0 amide bonds. The molecule has 1 aromatic heterocycles. The van der Waals surface area contributed by atoms with Crippen LogP contribution in [0.25, 0.3) is 0 Å². The topological polar surface area (TPSA) is 45.4 Å². The first kappa shape index (κ1) is 13.1. The van der Waals surface area contributed by atoms with Crippen molar-refractivity contribution in [2.24, 2.45) is 0 Å². The van der Waals surface area contributed by atoms with E-state index in [-0.39, 0.29) is 5.54 Å². The van der Waals surface area contributed by atoms with Gasteiger partial charge >= 0.3 is 0 Å². The highest BCUT2D eigenvalue weighted by Crippen LogP contribution is 2.21. The van der Waals surface area contributed by atoms with Gasteiger partial charge in [-0.05, 0) is 33.3 Å². The zero-order valence-electron chi connectivity index (χ0n) is 11.9. The van der Waals surface area contributed by atoms with Gasteiger partial charge in [-0.2, -0.15) is 0 Å². The first-order valence-electron chi connectivity index (χ1n) is 6.60. The summed E-state index contributed by atoms with van der Waals surface area (Å²) in [6.45, 7) is 13.0. The fourth-order valence-electron chi connectivity index (χ4n) is 2.31. The zero-order valence-corrected chi connectivity index (χ0v) is 11.9. The molecule has 18 heavy (non-hydrogen) atoms. The van der Waals surface area contributed by atoms with Crippen molar-refractivity contribution in [3.8, 4) is 0 Å². The molecule has 0 unspecified atom stereocenters. The molecule has 1 aliphatic rings. The number of nitrogen functional groups attached to an aromatic ring is 1. The predicted molar refractivity (Wildman–Crippen MR) is 76.9 cm³/mol. The molecule has 0 aromatic carbocycles. The van der Waals surface area contributed by atoms with Gasteiger partial charge in [0.15, 0.2) is 0 Å². The van der Waals surface area contributed by atoms with Crippen molar-refractivity contribution < 1.29 is 0 Å². The summed E-state index contributed by atoms with van der Waals surface area (Å²) in [5.74, 6) is 1.01. The van der Waals surface area contributed by atoms with Gasteiger partial charge in [-0.3, -0.25) is 4.90 Å². The molecular weight excluding hydrogens is 224 g/mol. The van der Waals surface area contributed by atoms with Crippen LogP contribution in [0.5, 0.6) is 0 Å². The maximum atomic E-state index is 5.95. The highest BCUT2D eigenvalue weighted by molar-refractivity contribution is 5.54. The lowest BCUT2D eigenvalue weighted by Gasteiger charge is -2.42. The van der Waals surface area contributed by atoms with Crippen LogP contribution in [-0.2, 0) is 0 Å². The number of aryl methyl sites for hydroxylation is 1. The molecule has 0 bridgehead atoms. The molecule has 0 spiro atoms. The molecule has 2 heterocycles. The van der Waals surface area contributed by atoms with Gasteiger partial charge in [0.05, 0.1) is 0 Å². The second-order valence-corrected chi connectivity index (χ2v) is 6.04. The van der Waals surface area contributed by atoms with E-state index in [4.69, 9.17) is 5.73 Å². The molecule has 2 rings (SSSR count). The smallest absolute Gasteiger partial charge is 0.130 e. The summed E-state index contributed by atoms with van der Waals surface area (Å²) in [5, 5.41) is 0. The van der Waals surface area contributed by atoms with Crippen molar-refractivity contribution in [2.45, 2.75) is 33.2 Å². The van der Waals surface area contributed by atoms with Gasteiger partial charge in [0.25, 0.3) is 0 Å². The average molecular weight is 248 g/mol. The van der Waals surface area contributed by atoms with Crippen LogP contribution in [0.2, 0.25) is 0 Å². The largest absolute Gasteiger partial charge is 0.398 e. The van der Waals surface area contributed by atoms with Crippen molar-refractivity contribution in [1.29, 1.82) is 0 Å². The van der Waals surface area contributed by atoms with E-state index in [9.17, 15) is 0 Å². The molecule has 2 N–H and O–H groups in total. The molecule has 1 aliphatic heterocycles. The minimum atomic E-state index is 0.256. The Morgan fingerprint density at radius 3 is 2.28 bits per heavy atom. The summed E-state index contributed by atoms with van der Waals surface area (Å²) in [7, 11) is 0. The van der Waals surface area contributed by atoms with Crippen LogP contribution in [0.3, 0.4) is 0 Å². The molecule has 1 fully saturated rings. The highest BCUT2D eigenvalue weighted by Gasteiger charge is 2.26. The quantitative estimate of drug-likeness (QED) is 0.824. The van der Waals surface area contributed by atoms with Gasteiger partial charge in [-0.1, -0.05) is 0 Å². The van der Waals surface area contributed by atoms with E-state index in [1.165, 1.54) is 0 Å². The van der Waals surface area contributed by atoms with Crippen molar-refractivity contribution in [2.75, 3.05) is 36.8 Å². The number of anilines is 2. The normalized spacial score (nSPS) is 18.1. The van der Waals surface area contributed by atoms with Crippen molar-refractivity contribution in [3.63, 3.8) is 0 Å². The third-order valence-electron chi connectivity index (χ3n) is 3.68. The molecule has 1 saturated heterocycles. The van der Waals surface area contributed by atoms with Gasteiger partial charge in [0.2, 0.25) is 0 Å². The van der Waals surface area contributed by atoms with Crippen molar-refractivity contribution in [3.05, 3.63) is 17.8 Å². The van der Waals surface area contributed by atoms with Gasteiger partial charge in [0, 0.05) is 49.7 Å². The lowest BCUT2D eigenvalue weighted by molar-refractivity contribution is 0.128. The van der Waals surface area contributed by atoms with E-state index in [1.807, 2.05) is 19.2 Å². The Kier molecular flexibility index (Phi) is 3.48. The van der Waals surface area contributed by atoms with Gasteiger partial charge in [0.1, 0.15) is 5.82 Å². The molecule has 1 aromatic rings. The Balaban J connectivity index is 2.03. The Morgan fingerprint density at radius 1 is 1.17 bits per heavy atom. The summed E-state index contributed by atoms with van der Waals surface area (Å²) in [5.41, 5.74) is 8.08. The van der Waals surface area contributed by atoms with Crippen LogP contribution in [0.15, 0.2) is 12.3 Å². The predicted octanol–water partition coefficient (Wildman–Crippen LogP) is 1.89. The Hall–Kier alpha value is -1.29. The van der Waals surface area contributed by atoms with Crippen LogP contribution in [0.4, 0.5) is 11.5 Å². The lowest BCUT2D eigenvalue weighted by Crippen LogP contribution is -2.53. The average Bonchev–Trinajstić information content (AvgIpc) is 2.32. The number of pyridine rings is 1. The SMILES string of the molecule is Cc1cnc(N2CCN(C(C)(C)C)CC2)cc1N. The number of nitrogens with two attached hydrogens (primary N) is 1. The van der Waals surface area contributed by atoms with Crippen LogP contribution < -0.4 is 10.6 Å². The van der Waals surface area contributed by atoms with Gasteiger partial charge < -0.3 is 10.6 Å². The Morgan fingerprint density at radius 2 is 1.78 bits per heavy atom. The van der Waals surface area contributed by atoms with Crippen LogP contribution in [-0.4, -0.2) is 41.6 Å².